The lowest BCUT2D eigenvalue weighted by Crippen LogP contribution is -2.18. The average molecular weight is 444 g/mol. The van der Waals surface area contributed by atoms with Crippen molar-refractivity contribution >= 4 is 40.6 Å². The Morgan fingerprint density at radius 2 is 1.87 bits per heavy atom. The van der Waals surface area contributed by atoms with E-state index in [1.54, 1.807) is 24.3 Å². The van der Waals surface area contributed by atoms with Crippen LogP contribution in [-0.4, -0.2) is 39.9 Å². The largest absolute Gasteiger partial charge is 0.486 e. The fourth-order valence-electron chi connectivity index (χ4n) is 3.15. The first-order valence-corrected chi connectivity index (χ1v) is 11.1. The molecule has 2 aromatic carbocycles. The Morgan fingerprint density at radius 1 is 1.13 bits per heavy atom. The molecule has 0 aliphatic carbocycles. The van der Waals surface area contributed by atoms with E-state index >= 15 is 0 Å². The molecule has 0 bridgehead atoms. The predicted octanol–water partition coefficient (Wildman–Crippen LogP) is 4.37. The maximum Gasteiger partial charge on any atom is 0.234 e. The Bertz CT molecular complexity index is 972. The first-order chi connectivity index (χ1) is 14.7. The van der Waals surface area contributed by atoms with Crippen LogP contribution in [0, 0.1) is 0 Å². The van der Waals surface area contributed by atoms with Crippen molar-refractivity contribution < 1.29 is 9.53 Å². The number of benzene rings is 2. The molecule has 156 valence electrons. The zero-order valence-corrected chi connectivity index (χ0v) is 17.9. The van der Waals surface area contributed by atoms with Gasteiger partial charge in [0.05, 0.1) is 5.75 Å². The quantitative estimate of drug-likeness (QED) is 0.503. The van der Waals surface area contributed by atoms with Crippen molar-refractivity contribution in [3.05, 3.63) is 59.4 Å². The monoisotopic (exact) mass is 443 g/mol. The fraction of sp³-hybridized carbons (Fsp3) is 0.286. The SMILES string of the molecule is O=C(CSc1n[nH]c(COc2ccc(Cl)cc2)n1)Nc1ccc(N2CCCC2)cc1. The van der Waals surface area contributed by atoms with E-state index in [0.29, 0.717) is 21.8 Å². The molecule has 1 aliphatic heterocycles. The molecule has 0 radical (unpaired) electrons. The van der Waals surface area contributed by atoms with Gasteiger partial charge < -0.3 is 15.0 Å². The highest BCUT2D eigenvalue weighted by Crippen LogP contribution is 2.22. The second kappa shape index (κ2) is 9.86. The van der Waals surface area contributed by atoms with Crippen LogP contribution in [0.4, 0.5) is 11.4 Å². The van der Waals surface area contributed by atoms with Crippen molar-refractivity contribution in [3.8, 4) is 5.75 Å². The highest BCUT2D eigenvalue weighted by atomic mass is 35.5. The molecule has 0 saturated carbocycles. The van der Waals surface area contributed by atoms with Crippen LogP contribution in [0.5, 0.6) is 5.75 Å². The number of carbonyl (C=O) groups excluding carboxylic acids is 1. The third-order valence-corrected chi connectivity index (χ3v) is 5.75. The molecule has 9 heteroatoms. The summed E-state index contributed by atoms with van der Waals surface area (Å²) in [5.41, 5.74) is 1.99. The van der Waals surface area contributed by atoms with Gasteiger partial charge in [0.25, 0.3) is 0 Å². The molecular weight excluding hydrogens is 422 g/mol. The van der Waals surface area contributed by atoms with Crippen LogP contribution in [0.2, 0.25) is 5.02 Å². The first kappa shape index (κ1) is 20.6. The van der Waals surface area contributed by atoms with Gasteiger partial charge in [-0.25, -0.2) is 4.98 Å². The summed E-state index contributed by atoms with van der Waals surface area (Å²) >= 11 is 7.12. The molecule has 0 unspecified atom stereocenters. The van der Waals surface area contributed by atoms with E-state index in [0.717, 1.165) is 18.8 Å². The smallest absolute Gasteiger partial charge is 0.234 e. The van der Waals surface area contributed by atoms with Crippen LogP contribution >= 0.6 is 23.4 Å². The number of H-pyrrole nitrogens is 1. The van der Waals surface area contributed by atoms with Gasteiger partial charge in [0, 0.05) is 29.5 Å². The van der Waals surface area contributed by atoms with E-state index in [1.165, 1.54) is 30.3 Å². The van der Waals surface area contributed by atoms with Gasteiger partial charge in [-0.1, -0.05) is 23.4 Å². The molecule has 0 spiro atoms. The molecule has 7 nitrogen and oxygen atoms in total. The number of amides is 1. The van der Waals surface area contributed by atoms with Crippen molar-refractivity contribution in [2.45, 2.75) is 24.6 Å². The van der Waals surface area contributed by atoms with Crippen molar-refractivity contribution in [1.82, 2.24) is 15.2 Å². The molecule has 1 saturated heterocycles. The van der Waals surface area contributed by atoms with E-state index in [2.05, 4.69) is 37.5 Å². The number of anilines is 2. The fourth-order valence-corrected chi connectivity index (χ4v) is 3.89. The van der Waals surface area contributed by atoms with Gasteiger partial charge in [0.1, 0.15) is 12.4 Å². The zero-order chi connectivity index (χ0) is 20.8. The number of halogens is 1. The third-order valence-electron chi connectivity index (χ3n) is 4.66. The average Bonchev–Trinajstić information content (AvgIpc) is 3.45. The van der Waals surface area contributed by atoms with Crippen molar-refractivity contribution in [2.24, 2.45) is 0 Å². The minimum atomic E-state index is -0.0994. The van der Waals surface area contributed by atoms with Gasteiger partial charge in [-0.3, -0.25) is 9.89 Å². The number of carbonyl (C=O) groups is 1. The van der Waals surface area contributed by atoms with Crippen LogP contribution in [0.3, 0.4) is 0 Å². The number of thioether (sulfide) groups is 1. The summed E-state index contributed by atoms with van der Waals surface area (Å²) in [6.45, 7) is 2.46. The van der Waals surface area contributed by atoms with E-state index in [4.69, 9.17) is 16.3 Å². The Balaban J connectivity index is 1.21. The maximum absolute atomic E-state index is 12.2. The highest BCUT2D eigenvalue weighted by Gasteiger charge is 2.12. The number of nitrogens with one attached hydrogen (secondary N) is 2. The molecule has 30 heavy (non-hydrogen) atoms. The summed E-state index contributed by atoms with van der Waals surface area (Å²) in [6.07, 6.45) is 2.48. The highest BCUT2D eigenvalue weighted by molar-refractivity contribution is 7.99. The Labute approximate surface area is 184 Å². The molecule has 1 amide bonds. The van der Waals surface area contributed by atoms with Crippen molar-refractivity contribution in [1.29, 1.82) is 0 Å². The second-order valence-electron chi connectivity index (χ2n) is 6.89. The van der Waals surface area contributed by atoms with Crippen molar-refractivity contribution in [3.63, 3.8) is 0 Å². The Kier molecular flexibility index (Phi) is 6.76. The number of hydrogen-bond donors (Lipinski definition) is 2. The molecule has 2 heterocycles. The number of nitrogens with zero attached hydrogens (tertiary/aromatic N) is 3. The summed E-state index contributed by atoms with van der Waals surface area (Å²) < 4.78 is 5.63. The van der Waals surface area contributed by atoms with Crippen LogP contribution in [0.1, 0.15) is 18.7 Å². The van der Waals surface area contributed by atoms with E-state index < -0.39 is 0 Å². The topological polar surface area (TPSA) is 83.1 Å². The number of aromatic nitrogens is 3. The molecule has 4 rings (SSSR count). The van der Waals surface area contributed by atoms with E-state index in [1.807, 2.05) is 12.1 Å². The van der Waals surface area contributed by atoms with Crippen LogP contribution in [-0.2, 0) is 11.4 Å². The summed E-state index contributed by atoms with van der Waals surface area (Å²) in [5, 5.41) is 11.0. The van der Waals surface area contributed by atoms with Gasteiger partial charge in [-0.15, -0.1) is 5.10 Å². The second-order valence-corrected chi connectivity index (χ2v) is 8.26. The van der Waals surface area contributed by atoms with Crippen LogP contribution in [0.15, 0.2) is 53.7 Å². The summed E-state index contributed by atoms with van der Waals surface area (Å²) in [5.74, 6) is 1.41. The van der Waals surface area contributed by atoms with Gasteiger partial charge in [-0.2, -0.15) is 0 Å². The Hall–Kier alpha value is -2.71. The molecule has 1 aromatic heterocycles. The molecular formula is C21H22ClN5O2S. The summed E-state index contributed by atoms with van der Waals surface area (Å²) in [6, 6.07) is 15.1. The summed E-state index contributed by atoms with van der Waals surface area (Å²) in [4.78, 5) is 18.9. The molecule has 3 aromatic rings. The standard InChI is InChI=1S/C21H22ClN5O2S/c22-15-3-9-18(10-4-15)29-13-19-24-21(26-25-19)30-14-20(28)23-16-5-7-17(8-6-16)27-11-1-2-12-27/h3-10H,1-2,11-14H2,(H,23,28)(H,24,25,26). The number of hydrogen-bond acceptors (Lipinski definition) is 6. The maximum atomic E-state index is 12.2. The van der Waals surface area contributed by atoms with Gasteiger partial charge >= 0.3 is 0 Å². The third kappa shape index (κ3) is 5.67. The minimum absolute atomic E-state index is 0.0994. The number of aromatic amines is 1. The van der Waals surface area contributed by atoms with Gasteiger partial charge in [0.2, 0.25) is 11.1 Å². The predicted molar refractivity (Wildman–Crippen MR) is 119 cm³/mol. The molecule has 1 fully saturated rings. The number of ether oxygens (including phenoxy) is 1. The Morgan fingerprint density at radius 3 is 2.60 bits per heavy atom. The van der Waals surface area contributed by atoms with Crippen molar-refractivity contribution in [2.75, 3.05) is 29.1 Å². The normalized spacial score (nSPS) is 13.4. The van der Waals surface area contributed by atoms with E-state index in [-0.39, 0.29) is 18.3 Å². The molecule has 1 aliphatic rings. The molecule has 0 atom stereocenters. The van der Waals surface area contributed by atoms with E-state index in [9.17, 15) is 4.79 Å². The lowest BCUT2D eigenvalue weighted by atomic mass is 10.2. The minimum Gasteiger partial charge on any atom is -0.486 e. The lowest BCUT2D eigenvalue weighted by Gasteiger charge is -2.17. The zero-order valence-electron chi connectivity index (χ0n) is 16.3. The first-order valence-electron chi connectivity index (χ1n) is 9.73. The number of rotatable bonds is 8. The van der Waals surface area contributed by atoms with Gasteiger partial charge in [-0.05, 0) is 61.4 Å². The molecule has 2 N–H and O–H groups in total. The lowest BCUT2D eigenvalue weighted by molar-refractivity contribution is -0.113. The van der Waals surface area contributed by atoms with Crippen LogP contribution in [0.25, 0.3) is 0 Å². The summed E-state index contributed by atoms with van der Waals surface area (Å²) in [7, 11) is 0. The van der Waals surface area contributed by atoms with Crippen LogP contribution < -0.4 is 15.0 Å². The van der Waals surface area contributed by atoms with Gasteiger partial charge in [0.15, 0.2) is 5.82 Å².